The summed E-state index contributed by atoms with van der Waals surface area (Å²) in [7, 11) is 4.00. The third-order valence-corrected chi connectivity index (χ3v) is 5.49. The molecule has 4 N–H and O–H groups in total. The van der Waals surface area contributed by atoms with E-state index in [4.69, 9.17) is 4.42 Å². The Hall–Kier alpha value is -2.84. The number of carbonyl (C=O) groups excluding carboxylic acids is 2. The van der Waals surface area contributed by atoms with Crippen LogP contribution in [0.25, 0.3) is 0 Å². The Morgan fingerprint density at radius 1 is 1.07 bits per heavy atom. The fraction of sp³-hybridized carbons (Fsp3) is 0.455. The summed E-state index contributed by atoms with van der Waals surface area (Å²) in [6.45, 7) is 5.31. The van der Waals surface area contributed by atoms with Crippen molar-refractivity contribution in [2.24, 2.45) is 0 Å². The molecule has 0 bridgehead atoms. The van der Waals surface area contributed by atoms with Crippen LogP contribution in [0.4, 0.5) is 5.69 Å². The van der Waals surface area contributed by atoms with Crippen molar-refractivity contribution in [3.63, 3.8) is 0 Å². The van der Waals surface area contributed by atoms with Crippen LogP contribution in [-0.2, 0) is 9.59 Å². The number of quaternary nitrogens is 2. The van der Waals surface area contributed by atoms with Crippen molar-refractivity contribution in [2.45, 2.75) is 6.04 Å². The summed E-state index contributed by atoms with van der Waals surface area (Å²) >= 11 is 0. The van der Waals surface area contributed by atoms with Crippen molar-refractivity contribution in [3.05, 3.63) is 54.5 Å². The smallest absolute Gasteiger partial charge is 0.309 e. The van der Waals surface area contributed by atoms with Crippen LogP contribution in [0, 0.1) is 0 Å². The molecule has 1 aromatic carbocycles. The number of benzene rings is 1. The third-order valence-electron chi connectivity index (χ3n) is 5.49. The van der Waals surface area contributed by atoms with Crippen LogP contribution in [-0.4, -0.2) is 71.7 Å². The molecule has 1 saturated heterocycles. The Balaban J connectivity index is 1.54. The number of nitrogens with zero attached hydrogens (tertiary/aromatic N) is 1. The number of rotatable bonds is 8. The van der Waals surface area contributed by atoms with Gasteiger partial charge in [0.05, 0.1) is 66.2 Å². The molecule has 1 aliphatic heterocycles. The van der Waals surface area contributed by atoms with Gasteiger partial charge in [0.15, 0.2) is 11.8 Å². The number of furan rings is 1. The van der Waals surface area contributed by atoms with Gasteiger partial charge in [-0.1, -0.05) is 18.2 Å². The number of carbonyl (C=O) groups is 2. The minimum absolute atomic E-state index is 0.0270. The molecule has 2 aromatic rings. The van der Waals surface area contributed by atoms with Gasteiger partial charge in [-0.25, -0.2) is 0 Å². The number of likely N-dealkylation sites (N-methyl/N-ethyl adjacent to an activating group) is 1. The zero-order valence-corrected chi connectivity index (χ0v) is 17.8. The summed E-state index contributed by atoms with van der Waals surface area (Å²) in [6.07, 6.45) is 1.65. The van der Waals surface area contributed by atoms with Gasteiger partial charge in [0.2, 0.25) is 0 Å². The Kier molecular flexibility index (Phi) is 7.87. The molecule has 0 spiro atoms. The molecule has 0 unspecified atom stereocenters. The zero-order valence-electron chi connectivity index (χ0n) is 17.8. The lowest BCUT2D eigenvalue weighted by Crippen LogP contribution is -3.15. The highest BCUT2D eigenvalue weighted by atomic mass is 16.3. The third kappa shape index (κ3) is 6.08. The molecule has 8 nitrogen and oxygen atoms in total. The molecule has 0 radical (unpaired) electrons. The molecule has 3 rings (SSSR count). The first-order valence-corrected chi connectivity index (χ1v) is 10.6. The summed E-state index contributed by atoms with van der Waals surface area (Å²) < 4.78 is 5.66. The molecule has 0 saturated carbocycles. The van der Waals surface area contributed by atoms with E-state index in [1.54, 1.807) is 6.26 Å². The molecule has 1 aliphatic rings. The predicted molar refractivity (Wildman–Crippen MR) is 114 cm³/mol. The van der Waals surface area contributed by atoms with E-state index in [0.717, 1.165) is 38.5 Å². The first kappa shape index (κ1) is 21.9. The first-order chi connectivity index (χ1) is 14.5. The molecule has 1 atom stereocenters. The quantitative estimate of drug-likeness (QED) is 0.380. The fourth-order valence-electron chi connectivity index (χ4n) is 3.76. The van der Waals surface area contributed by atoms with Crippen LogP contribution in [0.1, 0.15) is 11.8 Å². The van der Waals surface area contributed by atoms with Crippen LogP contribution in [0.3, 0.4) is 0 Å². The average molecular weight is 416 g/mol. The van der Waals surface area contributed by atoms with Crippen molar-refractivity contribution in [1.82, 2.24) is 10.6 Å². The fourth-order valence-corrected chi connectivity index (χ4v) is 3.76. The van der Waals surface area contributed by atoms with Crippen molar-refractivity contribution in [1.29, 1.82) is 0 Å². The maximum Gasteiger partial charge on any atom is 0.309 e. The standard InChI is InChI=1S/C22H31N5O3/c1-25(2)11-10-23-21(28)22(29)24-17-19(20-9-6-16-30-20)27-14-12-26(13-15-27)18-7-4-3-5-8-18/h3-9,16,19H,10-15,17H2,1-2H3,(H,23,28)(H,24,29)/p+2/t19-/m0/s1. The Morgan fingerprint density at radius 3 is 2.40 bits per heavy atom. The second kappa shape index (κ2) is 10.8. The van der Waals surface area contributed by atoms with Crippen LogP contribution in [0.15, 0.2) is 53.1 Å². The molecule has 0 aliphatic carbocycles. The predicted octanol–water partition coefficient (Wildman–Crippen LogP) is -1.90. The number of amides is 2. The lowest BCUT2D eigenvalue weighted by molar-refractivity contribution is -0.932. The molecule has 2 heterocycles. The van der Waals surface area contributed by atoms with Crippen LogP contribution in [0.2, 0.25) is 0 Å². The maximum atomic E-state index is 12.2. The highest BCUT2D eigenvalue weighted by Crippen LogP contribution is 2.14. The van der Waals surface area contributed by atoms with Gasteiger partial charge in [-0.2, -0.15) is 0 Å². The molecule has 8 heteroatoms. The number of hydrogen-bond donors (Lipinski definition) is 4. The van der Waals surface area contributed by atoms with Crippen molar-refractivity contribution in [3.8, 4) is 0 Å². The highest BCUT2D eigenvalue weighted by Gasteiger charge is 2.31. The van der Waals surface area contributed by atoms with Crippen LogP contribution >= 0.6 is 0 Å². The second-order valence-corrected chi connectivity index (χ2v) is 7.97. The van der Waals surface area contributed by atoms with E-state index in [1.165, 1.54) is 15.5 Å². The van der Waals surface area contributed by atoms with E-state index < -0.39 is 11.8 Å². The Bertz CT molecular complexity index is 786. The number of para-hydroxylation sites is 1. The first-order valence-electron chi connectivity index (χ1n) is 10.6. The molecule has 162 valence electrons. The van der Waals surface area contributed by atoms with Gasteiger partial charge < -0.3 is 29.8 Å². The topological polar surface area (TPSA) is 83.5 Å². The number of piperazine rings is 1. The highest BCUT2D eigenvalue weighted by molar-refractivity contribution is 6.35. The Labute approximate surface area is 177 Å². The van der Waals surface area contributed by atoms with Crippen molar-refractivity contribution < 1.29 is 23.8 Å². The lowest BCUT2D eigenvalue weighted by Gasteiger charge is -2.37. The van der Waals surface area contributed by atoms with Gasteiger partial charge in [0.25, 0.3) is 0 Å². The number of anilines is 1. The van der Waals surface area contributed by atoms with Gasteiger partial charge in [-0.05, 0) is 24.3 Å². The van der Waals surface area contributed by atoms with E-state index in [9.17, 15) is 9.59 Å². The van der Waals surface area contributed by atoms with E-state index >= 15 is 0 Å². The summed E-state index contributed by atoms with van der Waals surface area (Å²) in [4.78, 5) is 29.2. The van der Waals surface area contributed by atoms with Gasteiger partial charge >= 0.3 is 11.8 Å². The molecule has 1 fully saturated rings. The Morgan fingerprint density at radius 2 is 1.77 bits per heavy atom. The number of hydrogen-bond acceptors (Lipinski definition) is 4. The zero-order chi connectivity index (χ0) is 21.3. The van der Waals surface area contributed by atoms with E-state index in [-0.39, 0.29) is 6.04 Å². The summed E-state index contributed by atoms with van der Waals surface area (Å²) in [5, 5.41) is 5.46. The van der Waals surface area contributed by atoms with Gasteiger partial charge in [0.1, 0.15) is 0 Å². The average Bonchev–Trinajstić information content (AvgIpc) is 3.29. The summed E-state index contributed by atoms with van der Waals surface area (Å²) in [5.41, 5.74) is 1.23. The van der Waals surface area contributed by atoms with Crippen LogP contribution < -0.4 is 25.3 Å². The van der Waals surface area contributed by atoms with Crippen molar-refractivity contribution in [2.75, 3.05) is 64.8 Å². The van der Waals surface area contributed by atoms with E-state index in [1.807, 2.05) is 32.3 Å². The monoisotopic (exact) mass is 415 g/mol. The molecule has 2 amide bonds. The molecular weight excluding hydrogens is 382 g/mol. The van der Waals surface area contributed by atoms with Crippen LogP contribution in [0.5, 0.6) is 0 Å². The lowest BCUT2D eigenvalue weighted by atomic mass is 10.1. The second-order valence-electron chi connectivity index (χ2n) is 7.97. The van der Waals surface area contributed by atoms with Gasteiger partial charge in [0, 0.05) is 5.69 Å². The number of nitrogens with one attached hydrogen (secondary N) is 4. The van der Waals surface area contributed by atoms with E-state index in [0.29, 0.717) is 13.1 Å². The summed E-state index contributed by atoms with van der Waals surface area (Å²) in [6, 6.07) is 14.2. The van der Waals surface area contributed by atoms with Gasteiger partial charge in [-0.15, -0.1) is 0 Å². The summed E-state index contributed by atoms with van der Waals surface area (Å²) in [5.74, 6) is -0.351. The minimum Gasteiger partial charge on any atom is -0.463 e. The molecular formula is C22H33N5O3+2. The SMILES string of the molecule is C[NH+](C)CCNC(=O)C(=O)NC[C@@H](c1ccco1)[NH+]1CCN(c2ccccc2)CC1. The van der Waals surface area contributed by atoms with Crippen molar-refractivity contribution >= 4 is 17.5 Å². The normalized spacial score (nSPS) is 15.8. The largest absolute Gasteiger partial charge is 0.463 e. The molecule has 30 heavy (non-hydrogen) atoms. The minimum atomic E-state index is -0.595. The van der Waals surface area contributed by atoms with Gasteiger partial charge in [-0.3, -0.25) is 9.59 Å². The maximum absolute atomic E-state index is 12.2. The van der Waals surface area contributed by atoms with E-state index in [2.05, 4.69) is 39.8 Å². The molecule has 1 aromatic heterocycles.